The highest BCUT2D eigenvalue weighted by molar-refractivity contribution is 8.15. The maximum atomic E-state index is 12.4. The normalized spacial score (nSPS) is 17.1. The Hall–Kier alpha value is -2.61. The summed E-state index contributed by atoms with van der Waals surface area (Å²) in [6, 6.07) is 8.75. The lowest BCUT2D eigenvalue weighted by Gasteiger charge is -2.13. The first kappa shape index (κ1) is 17.2. The van der Waals surface area contributed by atoms with Gasteiger partial charge in [0.05, 0.1) is 12.0 Å². The lowest BCUT2D eigenvalue weighted by atomic mass is 10.2. The first-order valence-corrected chi connectivity index (χ1v) is 8.85. The molecule has 8 heteroatoms. The molecule has 0 saturated carbocycles. The second-order valence-corrected chi connectivity index (χ2v) is 6.74. The van der Waals surface area contributed by atoms with Crippen LogP contribution in [0.2, 0.25) is 0 Å². The largest absolute Gasteiger partial charge is 0.356 e. The summed E-state index contributed by atoms with van der Waals surface area (Å²) in [4.78, 5) is 41.6. The Morgan fingerprint density at radius 1 is 1.24 bits per heavy atom. The second-order valence-electron chi connectivity index (χ2n) is 5.59. The van der Waals surface area contributed by atoms with Crippen LogP contribution in [0.1, 0.15) is 12.8 Å². The average molecular weight is 358 g/mol. The number of carbonyl (C=O) groups is 3. The van der Waals surface area contributed by atoms with Gasteiger partial charge in [0.1, 0.15) is 5.25 Å². The molecular weight excluding hydrogens is 340 g/mol. The van der Waals surface area contributed by atoms with Crippen LogP contribution in [0.15, 0.2) is 49.1 Å². The Morgan fingerprint density at radius 2 is 2.04 bits per heavy atom. The summed E-state index contributed by atoms with van der Waals surface area (Å²) in [5, 5.41) is 1.79. The zero-order valence-electron chi connectivity index (χ0n) is 13.5. The maximum absolute atomic E-state index is 12.4. The Balaban J connectivity index is 1.47. The third kappa shape index (κ3) is 4.27. The van der Waals surface area contributed by atoms with Crippen molar-refractivity contribution in [3.05, 3.63) is 49.1 Å². The molecule has 25 heavy (non-hydrogen) atoms. The molecule has 0 bridgehead atoms. The minimum Gasteiger partial charge on any atom is -0.356 e. The van der Waals surface area contributed by atoms with Gasteiger partial charge in [-0.1, -0.05) is 18.2 Å². The molecule has 2 heterocycles. The number of thioether (sulfide) groups is 1. The van der Waals surface area contributed by atoms with Crippen LogP contribution in [0.4, 0.5) is 10.5 Å². The molecule has 2 aromatic rings. The third-order valence-electron chi connectivity index (χ3n) is 3.78. The number of aryl methyl sites for hydroxylation is 1. The van der Waals surface area contributed by atoms with Gasteiger partial charge in [0.15, 0.2) is 0 Å². The number of nitrogens with zero attached hydrogens (tertiary/aromatic N) is 3. The predicted molar refractivity (Wildman–Crippen MR) is 95.2 cm³/mol. The highest BCUT2D eigenvalue weighted by atomic mass is 32.2. The molecular formula is C17H18N4O3S. The fraction of sp³-hybridized carbons (Fsp3) is 0.294. The van der Waals surface area contributed by atoms with Crippen LogP contribution >= 0.6 is 11.8 Å². The van der Waals surface area contributed by atoms with Crippen LogP contribution in [-0.4, -0.2) is 38.4 Å². The van der Waals surface area contributed by atoms with Crippen molar-refractivity contribution in [2.24, 2.45) is 0 Å². The Kier molecular flexibility index (Phi) is 5.49. The summed E-state index contributed by atoms with van der Waals surface area (Å²) in [6.45, 7) is 1.27. The van der Waals surface area contributed by atoms with Crippen molar-refractivity contribution in [3.63, 3.8) is 0 Å². The minimum atomic E-state index is -0.665. The van der Waals surface area contributed by atoms with Crippen LogP contribution in [0, 0.1) is 0 Å². The molecule has 130 valence electrons. The van der Waals surface area contributed by atoms with Crippen molar-refractivity contribution in [1.29, 1.82) is 0 Å². The van der Waals surface area contributed by atoms with Crippen LogP contribution in [0.3, 0.4) is 0 Å². The molecule has 0 radical (unpaired) electrons. The van der Waals surface area contributed by atoms with Gasteiger partial charge in [-0.25, -0.2) is 9.88 Å². The second kappa shape index (κ2) is 7.98. The molecule has 1 fully saturated rings. The van der Waals surface area contributed by atoms with E-state index in [0.29, 0.717) is 12.2 Å². The third-order valence-corrected chi connectivity index (χ3v) is 4.82. The number of hydrogen-bond donors (Lipinski definition) is 1. The molecule has 1 aliphatic heterocycles. The van der Waals surface area contributed by atoms with E-state index >= 15 is 0 Å². The van der Waals surface area contributed by atoms with E-state index in [9.17, 15) is 14.4 Å². The molecule has 7 nitrogen and oxygen atoms in total. The smallest absolute Gasteiger partial charge is 0.293 e. The molecule has 1 aliphatic rings. The fourth-order valence-electron chi connectivity index (χ4n) is 2.55. The van der Waals surface area contributed by atoms with E-state index in [1.807, 2.05) is 16.8 Å². The number of para-hydroxylation sites is 1. The van der Waals surface area contributed by atoms with Crippen molar-refractivity contribution < 1.29 is 14.4 Å². The Bertz CT molecular complexity index is 749. The van der Waals surface area contributed by atoms with Crippen molar-refractivity contribution in [1.82, 2.24) is 14.9 Å². The standard InChI is InChI=1S/C17H18N4O3S/c22-15(19-7-4-9-20-10-8-18-12-20)11-14-16(23)21(17(24)25-14)13-5-2-1-3-6-13/h1-3,5-6,8,10,12,14H,4,7,9,11H2,(H,19,22)/t14-/m1/s1. The van der Waals surface area contributed by atoms with Gasteiger partial charge in [0.25, 0.3) is 5.24 Å². The number of imide groups is 1. The van der Waals surface area contributed by atoms with Gasteiger partial charge < -0.3 is 9.88 Å². The van der Waals surface area contributed by atoms with E-state index in [-0.39, 0.29) is 23.5 Å². The van der Waals surface area contributed by atoms with E-state index in [2.05, 4.69) is 10.3 Å². The molecule has 1 atom stereocenters. The van der Waals surface area contributed by atoms with Crippen molar-refractivity contribution in [2.45, 2.75) is 24.6 Å². The van der Waals surface area contributed by atoms with Gasteiger partial charge in [-0.05, 0) is 30.3 Å². The van der Waals surface area contributed by atoms with Gasteiger partial charge in [-0.2, -0.15) is 0 Å². The number of imidazole rings is 1. The topological polar surface area (TPSA) is 84.3 Å². The van der Waals surface area contributed by atoms with E-state index in [0.717, 1.165) is 29.6 Å². The summed E-state index contributed by atoms with van der Waals surface area (Å²) >= 11 is 0.906. The SMILES string of the molecule is O=C(C[C@H]1SC(=O)N(c2ccccc2)C1=O)NCCCn1ccnc1. The summed E-state index contributed by atoms with van der Waals surface area (Å²) < 4.78 is 1.93. The number of benzene rings is 1. The van der Waals surface area contributed by atoms with Gasteiger partial charge in [-0.3, -0.25) is 14.4 Å². The number of carbonyl (C=O) groups excluding carboxylic acids is 3. The number of rotatable bonds is 7. The average Bonchev–Trinajstić information content (AvgIpc) is 3.21. The predicted octanol–water partition coefficient (Wildman–Crippen LogP) is 2.05. The van der Waals surface area contributed by atoms with Crippen molar-refractivity contribution >= 4 is 34.5 Å². The van der Waals surface area contributed by atoms with E-state index in [1.165, 1.54) is 0 Å². The summed E-state index contributed by atoms with van der Waals surface area (Å²) in [6.07, 6.45) is 6.06. The summed E-state index contributed by atoms with van der Waals surface area (Å²) in [5.74, 6) is -0.561. The molecule has 1 saturated heterocycles. The molecule has 3 amide bonds. The molecule has 0 unspecified atom stereocenters. The van der Waals surface area contributed by atoms with Gasteiger partial charge in [-0.15, -0.1) is 0 Å². The molecule has 0 aliphatic carbocycles. The molecule has 1 aromatic carbocycles. The zero-order chi connectivity index (χ0) is 17.6. The number of anilines is 1. The number of nitrogens with one attached hydrogen (secondary N) is 1. The fourth-order valence-corrected chi connectivity index (χ4v) is 3.53. The van der Waals surface area contributed by atoms with E-state index < -0.39 is 5.25 Å². The lowest BCUT2D eigenvalue weighted by Crippen LogP contribution is -2.34. The van der Waals surface area contributed by atoms with Crippen LogP contribution in [-0.2, 0) is 16.1 Å². The Morgan fingerprint density at radius 3 is 2.76 bits per heavy atom. The van der Waals surface area contributed by atoms with Gasteiger partial charge >= 0.3 is 0 Å². The quantitative estimate of drug-likeness (QED) is 0.766. The molecule has 0 spiro atoms. The summed E-state index contributed by atoms with van der Waals surface area (Å²) in [7, 11) is 0. The van der Waals surface area contributed by atoms with Gasteiger partial charge in [0, 0.05) is 31.9 Å². The monoisotopic (exact) mass is 358 g/mol. The first-order valence-electron chi connectivity index (χ1n) is 7.97. The summed E-state index contributed by atoms with van der Waals surface area (Å²) in [5.41, 5.74) is 0.535. The van der Waals surface area contributed by atoms with Crippen molar-refractivity contribution in [3.8, 4) is 0 Å². The van der Waals surface area contributed by atoms with Gasteiger partial charge in [0.2, 0.25) is 11.8 Å². The number of aromatic nitrogens is 2. The van der Waals surface area contributed by atoms with Crippen LogP contribution < -0.4 is 10.2 Å². The molecule has 3 rings (SSSR count). The van der Waals surface area contributed by atoms with E-state index in [1.54, 1.807) is 36.8 Å². The number of hydrogen-bond acceptors (Lipinski definition) is 5. The molecule has 1 aromatic heterocycles. The van der Waals surface area contributed by atoms with Crippen molar-refractivity contribution in [2.75, 3.05) is 11.4 Å². The van der Waals surface area contributed by atoms with Crippen LogP contribution in [0.5, 0.6) is 0 Å². The van der Waals surface area contributed by atoms with E-state index in [4.69, 9.17) is 0 Å². The molecule has 1 N–H and O–H groups in total. The highest BCUT2D eigenvalue weighted by Crippen LogP contribution is 2.33. The minimum absolute atomic E-state index is 0.00362. The number of amides is 3. The highest BCUT2D eigenvalue weighted by Gasteiger charge is 2.41. The van der Waals surface area contributed by atoms with Crippen LogP contribution in [0.25, 0.3) is 0 Å². The zero-order valence-corrected chi connectivity index (χ0v) is 14.3. The first-order chi connectivity index (χ1) is 12.1. The maximum Gasteiger partial charge on any atom is 0.293 e. The Labute approximate surface area is 149 Å². The lowest BCUT2D eigenvalue weighted by molar-refractivity contribution is -0.124.